The van der Waals surface area contributed by atoms with Gasteiger partial charge in [0, 0.05) is 82.2 Å². The molecular formula is C39H67N11O7. The van der Waals surface area contributed by atoms with Gasteiger partial charge in [-0.15, -0.1) is 0 Å². The van der Waals surface area contributed by atoms with Gasteiger partial charge in [0.2, 0.25) is 35.4 Å². The van der Waals surface area contributed by atoms with Gasteiger partial charge < -0.3 is 64.1 Å². The first-order chi connectivity index (χ1) is 27.6. The van der Waals surface area contributed by atoms with Crippen molar-refractivity contribution < 1.29 is 33.9 Å². The minimum atomic E-state index is -1.13. The summed E-state index contributed by atoms with van der Waals surface area (Å²) >= 11 is 0. The molecule has 6 amide bonds. The highest BCUT2D eigenvalue weighted by Gasteiger charge is 2.23. The summed E-state index contributed by atoms with van der Waals surface area (Å²) in [4.78, 5) is 76.0. The highest BCUT2D eigenvalue weighted by atomic mass is 16.3. The van der Waals surface area contributed by atoms with E-state index in [1.165, 1.54) is 6.07 Å². The van der Waals surface area contributed by atoms with Gasteiger partial charge in [-0.25, -0.2) is 0 Å². The molecule has 1 atom stereocenters. The molecule has 0 bridgehead atoms. The summed E-state index contributed by atoms with van der Waals surface area (Å²) in [7, 11) is 0. The van der Waals surface area contributed by atoms with E-state index < -0.39 is 23.8 Å². The molecule has 320 valence electrons. The van der Waals surface area contributed by atoms with Gasteiger partial charge >= 0.3 is 0 Å². The number of phenols is 1. The number of H-pyrrole nitrogens is 1. The van der Waals surface area contributed by atoms with Crippen LogP contribution in [0.4, 0.5) is 0 Å². The molecule has 0 radical (unpaired) electrons. The van der Waals surface area contributed by atoms with E-state index in [0.717, 1.165) is 58.0 Å². The van der Waals surface area contributed by atoms with E-state index in [1.54, 1.807) is 18.3 Å². The second-order valence-corrected chi connectivity index (χ2v) is 13.9. The van der Waals surface area contributed by atoms with Crippen LogP contribution in [-0.2, 0) is 35.2 Å². The highest BCUT2D eigenvalue weighted by Crippen LogP contribution is 2.27. The number of aromatic nitrogens is 1. The summed E-state index contributed by atoms with van der Waals surface area (Å²) < 4.78 is 0. The maximum Gasteiger partial charge on any atom is 0.243 e. The second kappa shape index (κ2) is 30.4. The number of unbranched alkanes of at least 4 members (excludes halogenated alkanes) is 4. The van der Waals surface area contributed by atoms with Gasteiger partial charge in [0.15, 0.2) is 0 Å². The van der Waals surface area contributed by atoms with Gasteiger partial charge in [-0.05, 0) is 95.2 Å². The van der Waals surface area contributed by atoms with Crippen LogP contribution < -0.4 is 54.0 Å². The lowest BCUT2D eigenvalue weighted by Crippen LogP contribution is -2.49. The van der Waals surface area contributed by atoms with Gasteiger partial charge in [-0.2, -0.15) is 0 Å². The van der Waals surface area contributed by atoms with Gasteiger partial charge in [0.1, 0.15) is 11.8 Å². The van der Waals surface area contributed by atoms with Crippen LogP contribution in [-0.4, -0.2) is 124 Å². The molecule has 0 saturated heterocycles. The van der Waals surface area contributed by atoms with E-state index >= 15 is 0 Å². The van der Waals surface area contributed by atoms with Crippen LogP contribution in [0.3, 0.4) is 0 Å². The molecule has 0 aliphatic carbocycles. The molecule has 1 heterocycles. The van der Waals surface area contributed by atoms with E-state index in [0.29, 0.717) is 101 Å². The highest BCUT2D eigenvalue weighted by molar-refractivity contribution is 5.95. The molecular weight excluding hydrogens is 734 g/mol. The van der Waals surface area contributed by atoms with Crippen molar-refractivity contribution in [3.8, 4) is 5.75 Å². The fraction of sp³-hybridized carbons (Fsp3) is 0.641. The van der Waals surface area contributed by atoms with E-state index in [9.17, 15) is 33.9 Å². The number of hydrogen-bond donors (Lipinski definition) is 12. The molecule has 0 spiro atoms. The predicted molar refractivity (Wildman–Crippen MR) is 220 cm³/mol. The first-order valence-corrected chi connectivity index (χ1v) is 20.4. The third kappa shape index (κ3) is 23.1. The van der Waals surface area contributed by atoms with Crippen LogP contribution in [0.25, 0.3) is 10.9 Å². The Bertz CT molecular complexity index is 1500. The SMILES string of the molecule is NCCCCNCCC(=O)NCCCCNCCC(=O)NCCCNCCC(=O)NCCCCCNC(=O)C(CC(N)=O)NC(=O)Cc1c[nH]c2cccc(O)c12. The lowest BCUT2D eigenvalue weighted by molar-refractivity contribution is -0.131. The molecule has 0 aliphatic rings. The number of phenolic OH excluding ortho intramolecular Hbond substituents is 1. The number of primary amides is 1. The molecule has 0 saturated carbocycles. The van der Waals surface area contributed by atoms with Crippen LogP contribution in [0.1, 0.15) is 82.6 Å². The maximum absolute atomic E-state index is 12.7. The molecule has 18 nitrogen and oxygen atoms in total. The van der Waals surface area contributed by atoms with Crippen LogP contribution in [0.15, 0.2) is 24.4 Å². The first kappa shape index (κ1) is 48.4. The fourth-order valence-electron chi connectivity index (χ4n) is 5.88. The molecule has 2 aromatic rings. The first-order valence-electron chi connectivity index (χ1n) is 20.4. The summed E-state index contributed by atoms with van der Waals surface area (Å²) in [5.74, 6) is -1.72. The average Bonchev–Trinajstić information content (AvgIpc) is 3.59. The predicted octanol–water partition coefficient (Wildman–Crippen LogP) is -0.740. The Labute approximate surface area is 335 Å². The van der Waals surface area contributed by atoms with Crippen molar-refractivity contribution in [3.05, 3.63) is 30.0 Å². The Morgan fingerprint density at radius 2 is 1.12 bits per heavy atom. The van der Waals surface area contributed by atoms with Crippen molar-refractivity contribution in [1.82, 2.24) is 47.5 Å². The average molecular weight is 802 g/mol. The summed E-state index contributed by atoms with van der Waals surface area (Å²) in [5, 5.41) is 34.4. The molecule has 18 heteroatoms. The molecule has 1 unspecified atom stereocenters. The minimum absolute atomic E-state index is 0.00904. The zero-order valence-electron chi connectivity index (χ0n) is 33.4. The van der Waals surface area contributed by atoms with Crippen LogP contribution in [0.2, 0.25) is 0 Å². The quantitative estimate of drug-likeness (QED) is 0.0392. The zero-order chi connectivity index (χ0) is 41.5. The van der Waals surface area contributed by atoms with Crippen LogP contribution in [0.5, 0.6) is 5.75 Å². The Morgan fingerprint density at radius 1 is 0.614 bits per heavy atom. The van der Waals surface area contributed by atoms with E-state index in [2.05, 4.69) is 47.5 Å². The smallest absolute Gasteiger partial charge is 0.243 e. The number of nitrogens with one attached hydrogen (secondary N) is 9. The van der Waals surface area contributed by atoms with Crippen LogP contribution >= 0.6 is 0 Å². The van der Waals surface area contributed by atoms with Gasteiger partial charge in [0.05, 0.1) is 12.8 Å². The van der Waals surface area contributed by atoms with Crippen molar-refractivity contribution in [2.24, 2.45) is 11.5 Å². The number of aromatic amines is 1. The number of hydrogen-bond acceptors (Lipinski definition) is 11. The number of carbonyl (C=O) groups excluding carboxylic acids is 6. The lowest BCUT2D eigenvalue weighted by Gasteiger charge is -2.17. The van der Waals surface area contributed by atoms with Gasteiger partial charge in [-0.1, -0.05) is 6.07 Å². The van der Waals surface area contributed by atoms with E-state index in [1.807, 2.05) is 0 Å². The van der Waals surface area contributed by atoms with Gasteiger partial charge in [0.25, 0.3) is 0 Å². The maximum atomic E-state index is 12.7. The van der Waals surface area contributed by atoms with Gasteiger partial charge in [-0.3, -0.25) is 28.8 Å². The fourth-order valence-corrected chi connectivity index (χ4v) is 5.88. The molecule has 0 fully saturated rings. The molecule has 0 aliphatic heterocycles. The lowest BCUT2D eigenvalue weighted by atomic mass is 10.1. The number of benzene rings is 1. The second-order valence-electron chi connectivity index (χ2n) is 13.9. The largest absolute Gasteiger partial charge is 0.507 e. The summed E-state index contributed by atoms with van der Waals surface area (Å²) in [6.45, 7) is 6.88. The van der Waals surface area contributed by atoms with Crippen LogP contribution in [0, 0.1) is 0 Å². The minimum Gasteiger partial charge on any atom is -0.507 e. The normalized spacial score (nSPS) is 11.5. The number of amides is 6. The van der Waals surface area contributed by atoms with E-state index in [4.69, 9.17) is 11.5 Å². The number of nitrogens with two attached hydrogens (primary N) is 2. The monoisotopic (exact) mass is 802 g/mol. The number of carbonyl (C=O) groups is 6. The molecule has 57 heavy (non-hydrogen) atoms. The third-order valence-corrected chi connectivity index (χ3v) is 9.00. The van der Waals surface area contributed by atoms with Crippen molar-refractivity contribution >= 4 is 46.3 Å². The van der Waals surface area contributed by atoms with Crippen molar-refractivity contribution in [1.29, 1.82) is 0 Å². The van der Waals surface area contributed by atoms with Crippen molar-refractivity contribution in [2.45, 2.75) is 89.5 Å². The third-order valence-electron chi connectivity index (χ3n) is 9.00. The zero-order valence-corrected chi connectivity index (χ0v) is 33.4. The Balaban J connectivity index is 1.39. The molecule has 1 aromatic carbocycles. The molecule has 1 aromatic heterocycles. The number of fused-ring (bicyclic) bond motifs is 1. The van der Waals surface area contributed by atoms with Crippen molar-refractivity contribution in [2.75, 3.05) is 72.0 Å². The number of aromatic hydroxyl groups is 1. The standard InChI is InChI=1S/C39H67N11O7/c40-15-2-5-16-42-23-12-35(54)46-20-7-6-17-43-24-13-36(55)47-22-9-18-44-25-14-34(53)45-19-3-1-4-21-48-39(57)31(27-33(41)52)50-37(56)26-29-28-49-30-10-8-11-32(51)38(29)30/h8,10-11,28,31,42-44,49,51H,1-7,9,12-27,40H2,(H2,41,52)(H,45,53)(H,46,54)(H,47,55)(H,48,57)(H,50,56). The summed E-state index contributed by atoms with van der Waals surface area (Å²) in [6.07, 6.45) is 9.03. The Morgan fingerprint density at radius 3 is 1.70 bits per heavy atom. The molecule has 2 rings (SSSR count). The summed E-state index contributed by atoms with van der Waals surface area (Å²) in [6, 6.07) is 3.85. The number of rotatable bonds is 34. The molecule has 14 N–H and O–H groups in total. The van der Waals surface area contributed by atoms with Crippen molar-refractivity contribution in [3.63, 3.8) is 0 Å². The van der Waals surface area contributed by atoms with E-state index in [-0.39, 0.29) is 36.3 Å². The topological polar surface area (TPSA) is 287 Å². The summed E-state index contributed by atoms with van der Waals surface area (Å²) in [5.41, 5.74) is 12.0. The Hall–Kier alpha value is -4.78. The Kier molecular flexibility index (Phi) is 25.8.